The summed E-state index contributed by atoms with van der Waals surface area (Å²) in [6.45, 7) is 2.73. The molecular formula is C11H21N3O3. The molecule has 1 rings (SSSR count). The maximum atomic E-state index is 8.63. The van der Waals surface area contributed by atoms with Crippen LogP contribution in [0.5, 0.6) is 0 Å². The van der Waals surface area contributed by atoms with Crippen LogP contribution in [-0.2, 0) is 11.3 Å². The molecule has 0 aromatic carbocycles. The lowest BCUT2D eigenvalue weighted by molar-refractivity contribution is 0.0854. The van der Waals surface area contributed by atoms with Crippen molar-refractivity contribution < 1.29 is 14.9 Å². The molecule has 17 heavy (non-hydrogen) atoms. The molecule has 0 bridgehead atoms. The van der Waals surface area contributed by atoms with E-state index < -0.39 is 0 Å². The first-order chi connectivity index (χ1) is 8.36. The lowest BCUT2D eigenvalue weighted by atomic mass is 10.3. The van der Waals surface area contributed by atoms with Crippen LogP contribution in [0.3, 0.4) is 0 Å². The maximum absolute atomic E-state index is 8.63. The molecule has 0 aliphatic carbocycles. The molecule has 0 aliphatic heterocycles. The number of anilines is 1. The standard InChI is InChI=1S/C11H21N3O3/c15-5-2-1-3-12-11-9-13-14(10-11)4-7-17-8-6-16/h9-10,12,15-16H,1-8H2. The molecule has 3 N–H and O–H groups in total. The normalized spacial score (nSPS) is 10.7. The summed E-state index contributed by atoms with van der Waals surface area (Å²) in [7, 11) is 0. The van der Waals surface area contributed by atoms with Crippen molar-refractivity contribution in [2.24, 2.45) is 0 Å². The molecule has 0 unspecified atom stereocenters. The van der Waals surface area contributed by atoms with Crippen molar-refractivity contribution in [3.8, 4) is 0 Å². The highest BCUT2D eigenvalue weighted by molar-refractivity contribution is 5.37. The average molecular weight is 243 g/mol. The van der Waals surface area contributed by atoms with Gasteiger partial charge in [-0.15, -0.1) is 0 Å². The van der Waals surface area contributed by atoms with Gasteiger partial charge in [-0.05, 0) is 12.8 Å². The Morgan fingerprint density at radius 1 is 1.24 bits per heavy atom. The number of aromatic nitrogens is 2. The largest absolute Gasteiger partial charge is 0.396 e. The van der Waals surface area contributed by atoms with Crippen LogP contribution in [0, 0.1) is 0 Å². The SMILES string of the molecule is OCCCCNc1cnn(CCOCCO)c1. The fourth-order valence-electron chi connectivity index (χ4n) is 1.37. The van der Waals surface area contributed by atoms with E-state index in [2.05, 4.69) is 10.4 Å². The molecular weight excluding hydrogens is 222 g/mol. The Balaban J connectivity index is 2.14. The second-order valence-corrected chi connectivity index (χ2v) is 3.69. The molecule has 6 nitrogen and oxygen atoms in total. The Bertz CT molecular complexity index is 265. The Morgan fingerprint density at radius 2 is 2.12 bits per heavy atom. The van der Waals surface area contributed by atoms with E-state index in [0.717, 1.165) is 25.1 Å². The molecule has 0 amide bonds. The lowest BCUT2D eigenvalue weighted by Crippen LogP contribution is -2.08. The van der Waals surface area contributed by atoms with E-state index in [9.17, 15) is 0 Å². The van der Waals surface area contributed by atoms with Crippen molar-refractivity contribution in [2.75, 3.05) is 38.3 Å². The van der Waals surface area contributed by atoms with Gasteiger partial charge < -0.3 is 20.3 Å². The first-order valence-corrected chi connectivity index (χ1v) is 5.92. The number of nitrogens with one attached hydrogen (secondary N) is 1. The number of rotatable bonds is 10. The van der Waals surface area contributed by atoms with Crippen molar-refractivity contribution in [3.63, 3.8) is 0 Å². The first-order valence-electron chi connectivity index (χ1n) is 5.92. The number of ether oxygens (including phenoxy) is 1. The van der Waals surface area contributed by atoms with E-state index in [4.69, 9.17) is 14.9 Å². The highest BCUT2D eigenvalue weighted by atomic mass is 16.5. The molecule has 0 aliphatic rings. The van der Waals surface area contributed by atoms with Crippen LogP contribution in [-0.4, -0.2) is 53.0 Å². The fourth-order valence-corrected chi connectivity index (χ4v) is 1.37. The number of hydrogen-bond acceptors (Lipinski definition) is 5. The minimum atomic E-state index is 0.0524. The number of aliphatic hydroxyl groups excluding tert-OH is 2. The topological polar surface area (TPSA) is 79.5 Å². The fraction of sp³-hybridized carbons (Fsp3) is 0.727. The lowest BCUT2D eigenvalue weighted by Gasteiger charge is -2.03. The summed E-state index contributed by atoms with van der Waals surface area (Å²) in [6.07, 6.45) is 5.45. The van der Waals surface area contributed by atoms with Crippen LogP contribution in [0.4, 0.5) is 5.69 Å². The minimum absolute atomic E-state index is 0.0524. The van der Waals surface area contributed by atoms with E-state index in [-0.39, 0.29) is 13.2 Å². The van der Waals surface area contributed by atoms with E-state index >= 15 is 0 Å². The van der Waals surface area contributed by atoms with Gasteiger partial charge >= 0.3 is 0 Å². The summed E-state index contributed by atoms with van der Waals surface area (Å²) in [5.41, 5.74) is 0.977. The number of hydrogen-bond donors (Lipinski definition) is 3. The second kappa shape index (κ2) is 8.98. The number of nitrogens with zero attached hydrogens (tertiary/aromatic N) is 2. The van der Waals surface area contributed by atoms with Gasteiger partial charge in [0.25, 0.3) is 0 Å². The molecule has 0 fully saturated rings. The summed E-state index contributed by atoms with van der Waals surface area (Å²) in [4.78, 5) is 0. The smallest absolute Gasteiger partial charge is 0.0726 e. The number of unbranched alkanes of at least 4 members (excludes halogenated alkanes) is 1. The van der Waals surface area contributed by atoms with Gasteiger partial charge in [0.05, 0.1) is 38.2 Å². The molecule has 0 saturated carbocycles. The van der Waals surface area contributed by atoms with Crippen LogP contribution in [0.2, 0.25) is 0 Å². The Morgan fingerprint density at radius 3 is 2.88 bits per heavy atom. The van der Waals surface area contributed by atoms with Crippen molar-refractivity contribution in [2.45, 2.75) is 19.4 Å². The van der Waals surface area contributed by atoms with Gasteiger partial charge in [0, 0.05) is 19.3 Å². The van der Waals surface area contributed by atoms with Crippen LogP contribution in [0.25, 0.3) is 0 Å². The van der Waals surface area contributed by atoms with Gasteiger partial charge in [-0.2, -0.15) is 5.10 Å². The van der Waals surface area contributed by atoms with Crippen molar-refractivity contribution in [1.29, 1.82) is 0 Å². The monoisotopic (exact) mass is 243 g/mol. The third-order valence-corrected chi connectivity index (χ3v) is 2.25. The Kier molecular flexibility index (Phi) is 7.37. The summed E-state index contributed by atoms with van der Waals surface area (Å²) in [5.74, 6) is 0. The van der Waals surface area contributed by atoms with Gasteiger partial charge in [0.15, 0.2) is 0 Å². The predicted octanol–water partition coefficient (Wildman–Crippen LogP) is 0.0764. The average Bonchev–Trinajstić information content (AvgIpc) is 2.78. The zero-order chi connectivity index (χ0) is 12.3. The van der Waals surface area contributed by atoms with E-state index in [0.29, 0.717) is 19.8 Å². The Labute approximate surface area is 101 Å². The van der Waals surface area contributed by atoms with Gasteiger partial charge in [0.1, 0.15) is 0 Å². The molecule has 0 saturated heterocycles. The van der Waals surface area contributed by atoms with Crippen LogP contribution in [0.1, 0.15) is 12.8 Å². The van der Waals surface area contributed by atoms with Crippen LogP contribution in [0.15, 0.2) is 12.4 Å². The number of aliphatic hydroxyl groups is 2. The maximum Gasteiger partial charge on any atom is 0.0726 e. The van der Waals surface area contributed by atoms with Gasteiger partial charge in [0.2, 0.25) is 0 Å². The molecule has 1 aromatic heterocycles. The highest BCUT2D eigenvalue weighted by Gasteiger charge is 1.97. The first kappa shape index (κ1) is 14.0. The Hall–Kier alpha value is -1.11. The molecule has 98 valence electrons. The van der Waals surface area contributed by atoms with Crippen LogP contribution < -0.4 is 5.32 Å². The van der Waals surface area contributed by atoms with E-state index in [1.807, 2.05) is 6.20 Å². The molecule has 0 atom stereocenters. The third kappa shape index (κ3) is 6.25. The summed E-state index contributed by atoms with van der Waals surface area (Å²) >= 11 is 0. The van der Waals surface area contributed by atoms with Gasteiger partial charge in [-0.1, -0.05) is 0 Å². The van der Waals surface area contributed by atoms with Crippen molar-refractivity contribution in [3.05, 3.63) is 12.4 Å². The van der Waals surface area contributed by atoms with Crippen molar-refractivity contribution in [1.82, 2.24) is 9.78 Å². The quantitative estimate of drug-likeness (QED) is 0.507. The third-order valence-electron chi connectivity index (χ3n) is 2.25. The predicted molar refractivity (Wildman–Crippen MR) is 64.9 cm³/mol. The zero-order valence-corrected chi connectivity index (χ0v) is 10.0. The molecule has 6 heteroatoms. The summed E-state index contributed by atoms with van der Waals surface area (Å²) in [6, 6.07) is 0. The van der Waals surface area contributed by atoms with E-state index in [1.165, 1.54) is 0 Å². The van der Waals surface area contributed by atoms with Gasteiger partial charge in [-0.25, -0.2) is 0 Å². The molecule has 0 radical (unpaired) electrons. The zero-order valence-electron chi connectivity index (χ0n) is 10.0. The minimum Gasteiger partial charge on any atom is -0.396 e. The summed E-state index contributed by atoms with van der Waals surface area (Å²) < 4.78 is 6.95. The highest BCUT2D eigenvalue weighted by Crippen LogP contribution is 2.04. The van der Waals surface area contributed by atoms with Crippen molar-refractivity contribution >= 4 is 5.69 Å². The second-order valence-electron chi connectivity index (χ2n) is 3.69. The van der Waals surface area contributed by atoms with Crippen LogP contribution >= 0.6 is 0 Å². The molecule has 0 spiro atoms. The molecule has 1 heterocycles. The van der Waals surface area contributed by atoms with E-state index in [1.54, 1.807) is 10.9 Å². The van der Waals surface area contributed by atoms with Gasteiger partial charge in [-0.3, -0.25) is 4.68 Å². The molecule has 1 aromatic rings. The summed E-state index contributed by atoms with van der Waals surface area (Å²) in [5, 5.41) is 24.6.